The second kappa shape index (κ2) is 3.80. The summed E-state index contributed by atoms with van der Waals surface area (Å²) in [5.74, 6) is 0. The van der Waals surface area contributed by atoms with Gasteiger partial charge in [-0.25, -0.2) is 0 Å². The zero-order valence-electron chi connectivity index (χ0n) is 8.57. The van der Waals surface area contributed by atoms with Crippen LogP contribution in [0.15, 0.2) is 12.1 Å². The Hall–Kier alpha value is -0.715. The molecule has 0 aliphatic heterocycles. The van der Waals surface area contributed by atoms with E-state index < -0.39 is 0 Å². The van der Waals surface area contributed by atoms with Crippen LogP contribution < -0.4 is 0 Å². The molecule has 0 saturated carbocycles. The summed E-state index contributed by atoms with van der Waals surface area (Å²) in [6.07, 6.45) is 2.45. The van der Waals surface area contributed by atoms with Gasteiger partial charge in [-0.1, -0.05) is 18.5 Å². The van der Waals surface area contributed by atoms with Crippen LogP contribution in [-0.4, -0.2) is 7.85 Å². The molecule has 0 atom stereocenters. The van der Waals surface area contributed by atoms with Gasteiger partial charge in [-0.3, -0.25) is 0 Å². The van der Waals surface area contributed by atoms with Crippen molar-refractivity contribution in [1.29, 1.82) is 0 Å². The lowest BCUT2D eigenvalue weighted by molar-refractivity contribution is 1.08. The van der Waals surface area contributed by atoms with E-state index in [2.05, 4.69) is 40.8 Å². The topological polar surface area (TPSA) is 0 Å². The van der Waals surface area contributed by atoms with Crippen molar-refractivity contribution >= 4 is 7.85 Å². The van der Waals surface area contributed by atoms with Gasteiger partial charge in [0, 0.05) is 0 Å². The molecule has 0 nitrogen and oxygen atoms in total. The van der Waals surface area contributed by atoms with Gasteiger partial charge in [0.05, 0.1) is 0 Å². The summed E-state index contributed by atoms with van der Waals surface area (Å²) < 4.78 is 0. The molecule has 0 aromatic heterocycles. The van der Waals surface area contributed by atoms with E-state index in [9.17, 15) is 0 Å². The first kappa shape index (κ1) is 9.37. The molecule has 1 rings (SSSR count). The Morgan fingerprint density at radius 3 is 2.33 bits per heavy atom. The predicted molar refractivity (Wildman–Crippen MR) is 57.7 cm³/mol. The van der Waals surface area contributed by atoms with Crippen LogP contribution in [-0.2, 0) is 6.42 Å². The third kappa shape index (κ3) is 1.71. The summed E-state index contributed by atoms with van der Waals surface area (Å²) in [7, 11) is 2.23. The van der Waals surface area contributed by atoms with Crippen molar-refractivity contribution in [3.63, 3.8) is 0 Å². The Morgan fingerprint density at radius 1 is 1.08 bits per heavy atom. The molecule has 0 unspecified atom stereocenters. The van der Waals surface area contributed by atoms with Crippen molar-refractivity contribution in [1.82, 2.24) is 0 Å². The summed E-state index contributed by atoms with van der Waals surface area (Å²) in [4.78, 5) is 0. The third-order valence-corrected chi connectivity index (χ3v) is 2.69. The minimum absolute atomic E-state index is 1.22. The number of aryl methyl sites for hydroxylation is 2. The van der Waals surface area contributed by atoms with E-state index in [1.54, 1.807) is 0 Å². The lowest BCUT2D eigenvalue weighted by atomic mass is 9.91. The molecule has 0 spiro atoms. The maximum absolute atomic E-state index is 2.27. The van der Waals surface area contributed by atoms with Crippen LogP contribution in [0.25, 0.3) is 0 Å². The zero-order chi connectivity index (χ0) is 9.14. The van der Waals surface area contributed by atoms with Gasteiger partial charge in [-0.15, -0.1) is 0 Å². The largest absolute Gasteiger partial charge is 0.101 e. The fourth-order valence-electron chi connectivity index (χ4n) is 1.55. The Balaban J connectivity index is 3.08. The van der Waals surface area contributed by atoms with Crippen molar-refractivity contribution in [3.8, 4) is 0 Å². The van der Waals surface area contributed by atoms with Crippen LogP contribution in [0.5, 0.6) is 0 Å². The van der Waals surface area contributed by atoms with Crippen LogP contribution in [0.1, 0.15) is 22.3 Å². The molecule has 64 valence electrons. The van der Waals surface area contributed by atoms with Gasteiger partial charge >= 0.3 is 0 Å². The summed E-state index contributed by atoms with van der Waals surface area (Å²) >= 11 is 0. The molecule has 0 saturated heterocycles. The molecule has 0 N–H and O–H groups in total. The molecule has 0 amide bonds. The van der Waals surface area contributed by atoms with Crippen LogP contribution in [0.3, 0.4) is 0 Å². The standard InChI is InChI=1S/C11H17B/c1-8-4-5-11(6-7-12)10(3)9(8)2/h4-5H,6-7,12H2,1-3H3. The molecule has 1 aromatic rings. The molecule has 1 heteroatoms. The second-order valence-corrected chi connectivity index (χ2v) is 3.54. The molecular formula is C11H17B. The van der Waals surface area contributed by atoms with Gasteiger partial charge in [0.25, 0.3) is 0 Å². The SMILES string of the molecule is BCCc1ccc(C)c(C)c1C. The minimum atomic E-state index is 1.22. The Kier molecular flexibility index (Phi) is 2.96. The van der Waals surface area contributed by atoms with Gasteiger partial charge in [-0.2, -0.15) is 0 Å². The highest BCUT2D eigenvalue weighted by atomic mass is 14.1. The van der Waals surface area contributed by atoms with Gasteiger partial charge in [0.1, 0.15) is 7.85 Å². The maximum atomic E-state index is 2.27. The van der Waals surface area contributed by atoms with Gasteiger partial charge < -0.3 is 0 Å². The zero-order valence-corrected chi connectivity index (χ0v) is 8.57. The molecular weight excluding hydrogens is 143 g/mol. The van der Waals surface area contributed by atoms with Crippen molar-refractivity contribution in [2.75, 3.05) is 0 Å². The van der Waals surface area contributed by atoms with E-state index in [-0.39, 0.29) is 0 Å². The predicted octanol–water partition coefficient (Wildman–Crippen LogP) is 2.21. The summed E-state index contributed by atoms with van der Waals surface area (Å²) in [6.45, 7) is 6.62. The maximum Gasteiger partial charge on any atom is 0.101 e. The Morgan fingerprint density at radius 2 is 1.75 bits per heavy atom. The number of hydrogen-bond acceptors (Lipinski definition) is 0. The average Bonchev–Trinajstić information content (AvgIpc) is 2.07. The minimum Gasteiger partial charge on any atom is -0.0771 e. The lowest BCUT2D eigenvalue weighted by Crippen LogP contribution is -1.94. The molecule has 12 heavy (non-hydrogen) atoms. The molecule has 0 bridgehead atoms. The number of rotatable bonds is 2. The second-order valence-electron chi connectivity index (χ2n) is 3.54. The highest BCUT2D eigenvalue weighted by Crippen LogP contribution is 2.17. The molecule has 0 radical (unpaired) electrons. The third-order valence-electron chi connectivity index (χ3n) is 2.69. The van der Waals surface area contributed by atoms with Gasteiger partial charge in [0.15, 0.2) is 0 Å². The van der Waals surface area contributed by atoms with E-state index in [4.69, 9.17) is 0 Å². The van der Waals surface area contributed by atoms with E-state index in [0.717, 1.165) is 0 Å². The van der Waals surface area contributed by atoms with Crippen LogP contribution in [0, 0.1) is 20.8 Å². The fraction of sp³-hybridized carbons (Fsp3) is 0.455. The Labute approximate surface area is 76.4 Å². The Bertz CT molecular complexity index is 277. The lowest BCUT2D eigenvalue weighted by Gasteiger charge is -2.09. The summed E-state index contributed by atoms with van der Waals surface area (Å²) in [5, 5.41) is 0. The van der Waals surface area contributed by atoms with E-state index in [1.165, 1.54) is 35.0 Å². The first-order valence-corrected chi connectivity index (χ1v) is 4.72. The van der Waals surface area contributed by atoms with Crippen molar-refractivity contribution in [2.24, 2.45) is 0 Å². The van der Waals surface area contributed by atoms with Crippen LogP contribution in [0.4, 0.5) is 0 Å². The summed E-state index contributed by atoms with van der Waals surface area (Å²) in [6, 6.07) is 4.49. The first-order chi connectivity index (χ1) is 5.66. The number of benzene rings is 1. The van der Waals surface area contributed by atoms with Crippen LogP contribution >= 0.6 is 0 Å². The van der Waals surface area contributed by atoms with Gasteiger partial charge in [0.2, 0.25) is 0 Å². The van der Waals surface area contributed by atoms with Crippen LogP contribution in [0.2, 0.25) is 6.32 Å². The highest BCUT2D eigenvalue weighted by molar-refractivity contribution is 6.08. The van der Waals surface area contributed by atoms with Crippen molar-refractivity contribution in [2.45, 2.75) is 33.5 Å². The van der Waals surface area contributed by atoms with Crippen molar-refractivity contribution in [3.05, 3.63) is 34.4 Å². The average molecular weight is 160 g/mol. The number of hydrogen-bond donors (Lipinski definition) is 0. The fourth-order valence-corrected chi connectivity index (χ4v) is 1.55. The van der Waals surface area contributed by atoms with E-state index in [0.29, 0.717) is 0 Å². The molecule has 0 fully saturated rings. The molecule has 0 heterocycles. The first-order valence-electron chi connectivity index (χ1n) is 4.72. The van der Waals surface area contributed by atoms with E-state index >= 15 is 0 Å². The molecule has 1 aromatic carbocycles. The van der Waals surface area contributed by atoms with E-state index in [1.807, 2.05) is 0 Å². The molecule has 0 aliphatic rings. The normalized spacial score (nSPS) is 10.2. The van der Waals surface area contributed by atoms with Crippen molar-refractivity contribution < 1.29 is 0 Å². The quantitative estimate of drug-likeness (QED) is 0.582. The molecule has 0 aliphatic carbocycles. The van der Waals surface area contributed by atoms with Gasteiger partial charge in [-0.05, 0) is 49.4 Å². The summed E-state index contributed by atoms with van der Waals surface area (Å²) in [5.41, 5.74) is 5.87. The smallest absolute Gasteiger partial charge is 0.0771 e. The monoisotopic (exact) mass is 160 g/mol. The highest BCUT2D eigenvalue weighted by Gasteiger charge is 2.01.